The van der Waals surface area contributed by atoms with E-state index in [4.69, 9.17) is 0 Å². The van der Waals surface area contributed by atoms with Gasteiger partial charge in [0.15, 0.2) is 0 Å². The smallest absolute Gasteiger partial charge is 0.253 e. The molecule has 1 aromatic heterocycles. The zero-order valence-electron chi connectivity index (χ0n) is 11.3. The van der Waals surface area contributed by atoms with E-state index in [1.54, 1.807) is 6.20 Å². The Labute approximate surface area is 117 Å². The highest BCUT2D eigenvalue weighted by molar-refractivity contribution is 5.97. The topological polar surface area (TPSA) is 61.0 Å². The number of H-pyrrole nitrogens is 1. The van der Waals surface area contributed by atoms with Crippen molar-refractivity contribution in [2.75, 3.05) is 26.2 Å². The van der Waals surface area contributed by atoms with Gasteiger partial charge in [0.1, 0.15) is 0 Å². The molecule has 0 aliphatic carbocycles. The van der Waals surface area contributed by atoms with Crippen LogP contribution in [0.5, 0.6) is 0 Å². The standard InChI is InChI=1S/C15H18N4O/c20-15(12-1-2-13-7-17-18-14(13)4-12)19-8-10-3-11(9-19)6-16-5-10/h1-2,4,7,10-11,16H,3,5-6,8-9H2,(H,17,18)/t10-,11+. The number of likely N-dealkylation sites (tertiary alicyclic amines) is 1. The van der Waals surface area contributed by atoms with E-state index >= 15 is 0 Å². The number of fused-ring (bicyclic) bond motifs is 3. The summed E-state index contributed by atoms with van der Waals surface area (Å²) < 4.78 is 0. The zero-order valence-corrected chi connectivity index (χ0v) is 11.3. The molecule has 5 nitrogen and oxygen atoms in total. The highest BCUT2D eigenvalue weighted by Crippen LogP contribution is 2.26. The summed E-state index contributed by atoms with van der Waals surface area (Å²) in [6, 6.07) is 5.77. The number of nitrogens with zero attached hydrogens (tertiary/aromatic N) is 2. The van der Waals surface area contributed by atoms with Gasteiger partial charge >= 0.3 is 0 Å². The second-order valence-electron chi connectivity index (χ2n) is 6.01. The fourth-order valence-electron chi connectivity index (χ4n) is 3.52. The molecule has 3 heterocycles. The van der Waals surface area contributed by atoms with Crippen molar-refractivity contribution in [3.8, 4) is 0 Å². The van der Waals surface area contributed by atoms with Gasteiger partial charge in [-0.3, -0.25) is 9.89 Å². The Morgan fingerprint density at radius 3 is 2.85 bits per heavy atom. The van der Waals surface area contributed by atoms with Crippen molar-refractivity contribution in [3.63, 3.8) is 0 Å². The van der Waals surface area contributed by atoms with Crippen molar-refractivity contribution in [2.24, 2.45) is 11.8 Å². The van der Waals surface area contributed by atoms with Gasteiger partial charge in [-0.05, 0) is 43.5 Å². The third kappa shape index (κ3) is 1.98. The van der Waals surface area contributed by atoms with E-state index < -0.39 is 0 Å². The maximum absolute atomic E-state index is 12.7. The molecular formula is C15H18N4O. The molecule has 0 unspecified atom stereocenters. The predicted molar refractivity (Wildman–Crippen MR) is 76.5 cm³/mol. The Kier molecular flexibility index (Phi) is 2.73. The van der Waals surface area contributed by atoms with E-state index in [9.17, 15) is 4.79 Å². The van der Waals surface area contributed by atoms with Gasteiger partial charge in [-0.2, -0.15) is 5.10 Å². The maximum Gasteiger partial charge on any atom is 0.253 e. The van der Waals surface area contributed by atoms with E-state index in [-0.39, 0.29) is 5.91 Å². The minimum atomic E-state index is 0.151. The molecule has 0 spiro atoms. The molecule has 4 rings (SSSR count). The van der Waals surface area contributed by atoms with Crippen LogP contribution < -0.4 is 5.32 Å². The van der Waals surface area contributed by atoms with Crippen molar-refractivity contribution in [1.82, 2.24) is 20.4 Å². The van der Waals surface area contributed by atoms with Crippen LogP contribution in [-0.2, 0) is 0 Å². The van der Waals surface area contributed by atoms with Gasteiger partial charge in [0.2, 0.25) is 0 Å². The van der Waals surface area contributed by atoms with Crippen molar-refractivity contribution in [3.05, 3.63) is 30.0 Å². The molecule has 2 aromatic rings. The molecule has 2 N–H and O–H groups in total. The number of amides is 1. The summed E-state index contributed by atoms with van der Waals surface area (Å²) in [7, 11) is 0. The molecule has 1 amide bonds. The van der Waals surface area contributed by atoms with E-state index in [1.165, 1.54) is 6.42 Å². The van der Waals surface area contributed by atoms with Gasteiger partial charge in [-0.15, -0.1) is 0 Å². The SMILES string of the molecule is O=C(c1ccc2cn[nH]c2c1)N1C[C@@H]2CNC[C@@H](C2)C1. The molecule has 2 aliphatic heterocycles. The normalized spacial score (nSPS) is 25.9. The summed E-state index contributed by atoms with van der Waals surface area (Å²) in [5, 5.41) is 11.4. The van der Waals surface area contributed by atoms with Crippen LogP contribution in [0.25, 0.3) is 10.9 Å². The van der Waals surface area contributed by atoms with Gasteiger partial charge in [0, 0.05) is 24.0 Å². The Morgan fingerprint density at radius 1 is 1.25 bits per heavy atom. The molecule has 2 bridgehead atoms. The highest BCUT2D eigenvalue weighted by Gasteiger charge is 2.32. The third-order valence-electron chi connectivity index (χ3n) is 4.47. The Balaban J connectivity index is 1.59. The average molecular weight is 270 g/mol. The van der Waals surface area contributed by atoms with E-state index in [1.807, 2.05) is 23.1 Å². The summed E-state index contributed by atoms with van der Waals surface area (Å²) >= 11 is 0. The first-order chi connectivity index (χ1) is 9.79. The van der Waals surface area contributed by atoms with Gasteiger partial charge in [0.25, 0.3) is 5.91 Å². The third-order valence-corrected chi connectivity index (χ3v) is 4.47. The number of aromatic amines is 1. The number of nitrogens with one attached hydrogen (secondary N) is 2. The monoisotopic (exact) mass is 270 g/mol. The lowest BCUT2D eigenvalue weighted by molar-refractivity contribution is 0.0538. The lowest BCUT2D eigenvalue weighted by Gasteiger charge is -2.41. The van der Waals surface area contributed by atoms with Crippen LogP contribution in [0, 0.1) is 11.8 Å². The summed E-state index contributed by atoms with van der Waals surface area (Å²) in [6.45, 7) is 3.84. The van der Waals surface area contributed by atoms with Crippen LogP contribution >= 0.6 is 0 Å². The Bertz CT molecular complexity index is 638. The molecule has 20 heavy (non-hydrogen) atoms. The minimum Gasteiger partial charge on any atom is -0.338 e. The van der Waals surface area contributed by atoms with E-state index in [0.717, 1.165) is 42.6 Å². The number of hydrogen-bond acceptors (Lipinski definition) is 3. The first-order valence-corrected chi connectivity index (χ1v) is 7.23. The van der Waals surface area contributed by atoms with Crippen molar-refractivity contribution in [2.45, 2.75) is 6.42 Å². The first kappa shape index (κ1) is 11.9. The van der Waals surface area contributed by atoms with Crippen LogP contribution in [0.15, 0.2) is 24.4 Å². The van der Waals surface area contributed by atoms with E-state index in [0.29, 0.717) is 11.8 Å². The quantitative estimate of drug-likeness (QED) is 0.819. The molecule has 2 fully saturated rings. The predicted octanol–water partition coefficient (Wildman–Crippen LogP) is 1.24. The lowest BCUT2D eigenvalue weighted by Crippen LogP contribution is -2.52. The van der Waals surface area contributed by atoms with E-state index in [2.05, 4.69) is 15.5 Å². The molecule has 5 heteroatoms. The minimum absolute atomic E-state index is 0.151. The fraction of sp³-hybridized carbons (Fsp3) is 0.467. The van der Waals surface area contributed by atoms with Crippen LogP contribution in [0.4, 0.5) is 0 Å². The second kappa shape index (κ2) is 4.59. The Hall–Kier alpha value is -1.88. The van der Waals surface area contributed by atoms with Crippen molar-refractivity contribution in [1.29, 1.82) is 0 Å². The zero-order chi connectivity index (χ0) is 13.5. The molecule has 0 radical (unpaired) electrons. The number of rotatable bonds is 1. The number of carbonyl (C=O) groups excluding carboxylic acids is 1. The number of aromatic nitrogens is 2. The number of benzene rings is 1. The molecule has 104 valence electrons. The van der Waals surface area contributed by atoms with Crippen LogP contribution in [0.2, 0.25) is 0 Å². The lowest BCUT2D eigenvalue weighted by atomic mass is 9.85. The number of carbonyl (C=O) groups is 1. The first-order valence-electron chi connectivity index (χ1n) is 7.23. The molecule has 2 atom stereocenters. The summed E-state index contributed by atoms with van der Waals surface area (Å²) in [5.74, 6) is 1.38. The van der Waals surface area contributed by atoms with Gasteiger partial charge in [0.05, 0.1) is 11.7 Å². The molecular weight excluding hydrogens is 252 g/mol. The Morgan fingerprint density at radius 2 is 2.05 bits per heavy atom. The molecule has 1 aromatic carbocycles. The van der Waals surface area contributed by atoms with Crippen LogP contribution in [-0.4, -0.2) is 47.2 Å². The maximum atomic E-state index is 12.7. The van der Waals surface area contributed by atoms with Gasteiger partial charge in [-0.1, -0.05) is 6.07 Å². The molecule has 2 aliphatic rings. The summed E-state index contributed by atoms with van der Waals surface area (Å²) in [6.07, 6.45) is 3.04. The van der Waals surface area contributed by atoms with Crippen LogP contribution in [0.3, 0.4) is 0 Å². The fourth-order valence-corrected chi connectivity index (χ4v) is 3.52. The summed E-state index contributed by atoms with van der Waals surface area (Å²) in [4.78, 5) is 14.7. The van der Waals surface area contributed by atoms with Crippen molar-refractivity contribution < 1.29 is 4.79 Å². The summed E-state index contributed by atoms with van der Waals surface area (Å²) in [5.41, 5.74) is 1.68. The molecule has 0 saturated carbocycles. The highest BCUT2D eigenvalue weighted by atomic mass is 16.2. The number of hydrogen-bond donors (Lipinski definition) is 2. The number of piperidine rings is 2. The van der Waals surface area contributed by atoms with Gasteiger partial charge in [-0.25, -0.2) is 0 Å². The van der Waals surface area contributed by atoms with Gasteiger partial charge < -0.3 is 10.2 Å². The second-order valence-corrected chi connectivity index (χ2v) is 6.01. The van der Waals surface area contributed by atoms with Crippen LogP contribution in [0.1, 0.15) is 16.8 Å². The average Bonchev–Trinajstić information content (AvgIpc) is 2.93. The van der Waals surface area contributed by atoms with Crippen molar-refractivity contribution >= 4 is 16.8 Å². The largest absolute Gasteiger partial charge is 0.338 e. The molecule has 2 saturated heterocycles.